The number of alkyl halides is 5. The second-order valence-corrected chi connectivity index (χ2v) is 10.2. The second-order valence-electron chi connectivity index (χ2n) is 10.2. The molecule has 38 heavy (non-hydrogen) atoms. The lowest BCUT2D eigenvalue weighted by Gasteiger charge is -2.38. The number of aromatic nitrogens is 2. The number of hydrogen-bond acceptors (Lipinski definition) is 6. The van der Waals surface area contributed by atoms with Crippen molar-refractivity contribution in [2.24, 2.45) is 17.8 Å². The summed E-state index contributed by atoms with van der Waals surface area (Å²) in [7, 11) is 0. The van der Waals surface area contributed by atoms with Gasteiger partial charge in [-0.3, -0.25) is 9.59 Å². The molecule has 0 bridgehead atoms. The molecule has 0 radical (unpaired) electrons. The highest BCUT2D eigenvalue weighted by Crippen LogP contribution is 2.39. The zero-order valence-corrected chi connectivity index (χ0v) is 20.8. The summed E-state index contributed by atoms with van der Waals surface area (Å²) in [5.41, 5.74) is -0.571. The number of carbonyl (C=O) groups is 2. The van der Waals surface area contributed by atoms with Gasteiger partial charge in [-0.15, -0.1) is 0 Å². The van der Waals surface area contributed by atoms with Gasteiger partial charge in [0.2, 0.25) is 5.95 Å². The van der Waals surface area contributed by atoms with Crippen LogP contribution in [0.4, 0.5) is 33.6 Å². The lowest BCUT2D eigenvalue weighted by Crippen LogP contribution is -2.58. The molecule has 1 saturated heterocycles. The highest BCUT2D eigenvalue weighted by Gasteiger charge is 2.46. The predicted molar refractivity (Wildman–Crippen MR) is 128 cm³/mol. The van der Waals surface area contributed by atoms with Gasteiger partial charge in [0.15, 0.2) is 0 Å². The Morgan fingerprint density at radius 2 is 1.87 bits per heavy atom. The van der Waals surface area contributed by atoms with E-state index in [9.17, 15) is 36.6 Å². The zero-order chi connectivity index (χ0) is 27.7. The Labute approximate surface area is 216 Å². The molecule has 2 aliphatic rings. The Bertz CT molecular complexity index is 1160. The van der Waals surface area contributed by atoms with Gasteiger partial charge in [0.1, 0.15) is 5.78 Å². The zero-order valence-electron chi connectivity index (χ0n) is 20.8. The van der Waals surface area contributed by atoms with E-state index >= 15 is 0 Å². The number of aliphatic hydroxyl groups is 1. The maximum absolute atomic E-state index is 13.7. The van der Waals surface area contributed by atoms with Crippen LogP contribution >= 0.6 is 0 Å². The van der Waals surface area contributed by atoms with Crippen molar-refractivity contribution in [1.82, 2.24) is 14.9 Å². The molecule has 1 aliphatic carbocycles. The van der Waals surface area contributed by atoms with Crippen LogP contribution in [0.15, 0.2) is 30.5 Å². The smallest absolute Gasteiger partial charge is 0.396 e. The van der Waals surface area contributed by atoms with E-state index in [0.717, 1.165) is 11.3 Å². The fraction of sp³-hybridized carbons (Fsp3) is 0.538. The van der Waals surface area contributed by atoms with Gasteiger partial charge in [-0.25, -0.2) is 18.7 Å². The van der Waals surface area contributed by atoms with E-state index in [1.54, 1.807) is 6.92 Å². The second kappa shape index (κ2) is 10.9. The van der Waals surface area contributed by atoms with Gasteiger partial charge < -0.3 is 15.3 Å². The summed E-state index contributed by atoms with van der Waals surface area (Å²) in [6.45, 7) is 0.341. The Hall–Kier alpha value is -3.15. The molecular weight excluding hydrogens is 511 g/mol. The van der Waals surface area contributed by atoms with E-state index in [1.165, 1.54) is 24.3 Å². The molecule has 2 heterocycles. The lowest BCUT2D eigenvalue weighted by molar-refractivity contribution is -0.138. The normalized spacial score (nSPS) is 21.6. The van der Waals surface area contributed by atoms with E-state index in [0.29, 0.717) is 24.7 Å². The predicted octanol–water partition coefficient (Wildman–Crippen LogP) is 4.88. The van der Waals surface area contributed by atoms with Crippen LogP contribution in [0.3, 0.4) is 0 Å². The van der Waals surface area contributed by atoms with Crippen molar-refractivity contribution in [3.05, 3.63) is 47.3 Å². The maximum atomic E-state index is 13.7. The number of halogens is 5. The molecule has 2 fully saturated rings. The van der Waals surface area contributed by atoms with E-state index in [-0.39, 0.29) is 60.2 Å². The molecule has 1 amide bonds. The van der Waals surface area contributed by atoms with Crippen LogP contribution in [0.2, 0.25) is 0 Å². The van der Waals surface area contributed by atoms with Crippen LogP contribution < -0.4 is 5.32 Å². The number of rotatable bonds is 9. The Kier molecular flexibility index (Phi) is 8.01. The van der Waals surface area contributed by atoms with Gasteiger partial charge in [0, 0.05) is 36.4 Å². The molecule has 12 heteroatoms. The number of benzene rings is 1. The molecule has 1 aromatic carbocycles. The topological polar surface area (TPSA) is 95.4 Å². The van der Waals surface area contributed by atoms with Crippen molar-refractivity contribution < 1.29 is 36.6 Å². The van der Waals surface area contributed by atoms with Crippen LogP contribution in [-0.4, -0.2) is 57.3 Å². The summed E-state index contributed by atoms with van der Waals surface area (Å²) in [6, 6.07) is 5.82. The number of hydrogen-bond donors (Lipinski definition) is 2. The van der Waals surface area contributed by atoms with E-state index < -0.39 is 36.7 Å². The Morgan fingerprint density at radius 3 is 2.47 bits per heavy atom. The summed E-state index contributed by atoms with van der Waals surface area (Å²) in [4.78, 5) is 34.0. The molecule has 1 saturated carbocycles. The van der Waals surface area contributed by atoms with Crippen molar-refractivity contribution >= 4 is 23.3 Å². The van der Waals surface area contributed by atoms with E-state index in [1.807, 2.05) is 0 Å². The molecular formula is C26H29F5N4O3. The monoisotopic (exact) mass is 540 g/mol. The van der Waals surface area contributed by atoms with E-state index in [2.05, 4.69) is 15.3 Å². The number of ketones is 1. The van der Waals surface area contributed by atoms with Crippen LogP contribution in [0.5, 0.6) is 0 Å². The maximum Gasteiger partial charge on any atom is 0.419 e. The minimum atomic E-state index is -4.67. The largest absolute Gasteiger partial charge is 0.419 e. The third-order valence-corrected chi connectivity index (χ3v) is 7.08. The SMILES string of the molecule is C[C@H](CO)CC(=O)[C@H]1CCC[C@H]1Cc1nc(Nc2ccc(C(=O)N3CC(F)(F)C3)cc2)ncc1C(F)(F)F. The quantitative estimate of drug-likeness (QED) is 0.441. The Morgan fingerprint density at radius 1 is 1.18 bits per heavy atom. The van der Waals surface area contributed by atoms with Crippen molar-refractivity contribution in [3.8, 4) is 0 Å². The number of carbonyl (C=O) groups excluding carboxylic acids is 2. The molecule has 2 aromatic rings. The number of amides is 1. The minimum Gasteiger partial charge on any atom is -0.396 e. The molecule has 206 valence electrons. The van der Waals surface area contributed by atoms with Crippen molar-refractivity contribution in [2.75, 3.05) is 25.0 Å². The fourth-order valence-corrected chi connectivity index (χ4v) is 5.05. The number of nitrogens with zero attached hydrogens (tertiary/aromatic N) is 3. The average molecular weight is 541 g/mol. The van der Waals surface area contributed by atoms with Gasteiger partial charge in [0.05, 0.1) is 24.3 Å². The number of anilines is 2. The lowest BCUT2D eigenvalue weighted by atomic mass is 9.84. The summed E-state index contributed by atoms with van der Waals surface area (Å²) in [5.74, 6) is -4.43. The molecule has 0 spiro atoms. The first-order valence-electron chi connectivity index (χ1n) is 12.5. The molecule has 1 aromatic heterocycles. The fourth-order valence-electron chi connectivity index (χ4n) is 5.05. The summed E-state index contributed by atoms with van der Waals surface area (Å²) < 4.78 is 67.3. The van der Waals surface area contributed by atoms with Crippen LogP contribution in [0.25, 0.3) is 0 Å². The standard InChI is InChI=1S/C26H29F5N4O3/c1-15(12-36)9-22(37)19-4-2-3-17(19)10-21-20(26(29,30)31)11-32-24(34-21)33-18-7-5-16(6-8-18)23(38)35-13-25(27,28)14-35/h5-8,11,15,17,19,36H,2-4,9-10,12-14H2,1H3,(H,32,33,34)/t15-,17-,19-/m0/s1. The van der Waals surface area contributed by atoms with Gasteiger partial charge in [0.25, 0.3) is 11.8 Å². The van der Waals surface area contributed by atoms with Crippen LogP contribution in [0, 0.1) is 17.8 Å². The van der Waals surface area contributed by atoms with Gasteiger partial charge >= 0.3 is 6.18 Å². The number of aliphatic hydroxyl groups excluding tert-OH is 1. The molecule has 3 atom stereocenters. The number of nitrogens with one attached hydrogen (secondary N) is 1. The molecule has 2 N–H and O–H groups in total. The molecule has 4 rings (SSSR count). The summed E-state index contributed by atoms with van der Waals surface area (Å²) in [6.07, 6.45) is -1.89. The van der Waals surface area contributed by atoms with Crippen LogP contribution in [-0.2, 0) is 17.4 Å². The van der Waals surface area contributed by atoms with Gasteiger partial charge in [-0.1, -0.05) is 13.3 Å². The first-order valence-corrected chi connectivity index (χ1v) is 12.5. The van der Waals surface area contributed by atoms with Crippen molar-refractivity contribution in [1.29, 1.82) is 0 Å². The molecule has 0 unspecified atom stereocenters. The van der Waals surface area contributed by atoms with Crippen molar-refractivity contribution in [2.45, 2.75) is 51.1 Å². The number of likely N-dealkylation sites (tertiary alicyclic amines) is 1. The van der Waals surface area contributed by atoms with Crippen LogP contribution in [0.1, 0.15) is 54.2 Å². The molecule has 1 aliphatic heterocycles. The summed E-state index contributed by atoms with van der Waals surface area (Å²) in [5, 5.41) is 12.1. The Balaban J connectivity index is 1.49. The van der Waals surface area contributed by atoms with E-state index in [4.69, 9.17) is 0 Å². The average Bonchev–Trinajstić information content (AvgIpc) is 3.30. The third kappa shape index (κ3) is 6.46. The first-order chi connectivity index (χ1) is 17.9. The highest BCUT2D eigenvalue weighted by atomic mass is 19.4. The summed E-state index contributed by atoms with van der Waals surface area (Å²) >= 11 is 0. The van der Waals surface area contributed by atoms with Crippen molar-refractivity contribution in [3.63, 3.8) is 0 Å². The highest BCUT2D eigenvalue weighted by molar-refractivity contribution is 5.95. The van der Waals surface area contributed by atoms with Gasteiger partial charge in [-0.2, -0.15) is 13.2 Å². The van der Waals surface area contributed by atoms with Gasteiger partial charge in [-0.05, 0) is 55.4 Å². The number of Topliss-reactive ketones (excluding diaryl/α,β-unsaturated/α-hetero) is 1. The molecule has 7 nitrogen and oxygen atoms in total. The minimum absolute atomic E-state index is 0.0378. The first kappa shape index (κ1) is 27.9. The third-order valence-electron chi connectivity index (χ3n) is 7.08.